The number of ether oxygens (including phenoxy) is 1. The largest absolute Gasteiger partial charge is 0.497 e. The van der Waals surface area contributed by atoms with Crippen molar-refractivity contribution < 1.29 is 22.7 Å². The summed E-state index contributed by atoms with van der Waals surface area (Å²) in [6, 6.07) is 21.4. The number of likely N-dealkylation sites (tertiary alicyclic amines) is 1. The number of alkyl halides is 3. The highest BCUT2D eigenvalue weighted by molar-refractivity contribution is 5.94. The van der Waals surface area contributed by atoms with E-state index in [-0.39, 0.29) is 11.9 Å². The van der Waals surface area contributed by atoms with Crippen LogP contribution in [0.15, 0.2) is 85.1 Å². The minimum Gasteiger partial charge on any atom is -0.497 e. The smallest absolute Gasteiger partial charge is 0.416 e. The van der Waals surface area contributed by atoms with Crippen molar-refractivity contribution in [3.63, 3.8) is 0 Å². The van der Waals surface area contributed by atoms with Crippen LogP contribution in [0.4, 0.5) is 24.5 Å². The van der Waals surface area contributed by atoms with Crippen molar-refractivity contribution in [3.8, 4) is 5.75 Å². The number of hydrogen-bond acceptors (Lipinski definition) is 5. The molecule has 4 aromatic rings. The van der Waals surface area contributed by atoms with E-state index in [0.717, 1.165) is 71.7 Å². The number of nitrogens with zero attached hydrogens (tertiary/aromatic N) is 3. The number of benzene rings is 3. The molecule has 46 heavy (non-hydrogen) atoms. The van der Waals surface area contributed by atoms with Gasteiger partial charge in [0.2, 0.25) is 5.91 Å². The number of halogens is 3. The molecule has 3 aromatic carbocycles. The normalized spacial score (nSPS) is 16.7. The summed E-state index contributed by atoms with van der Waals surface area (Å²) in [5.41, 5.74) is 3.52. The second-order valence-corrected chi connectivity index (χ2v) is 12.2. The number of amides is 1. The first-order valence-electron chi connectivity index (χ1n) is 16.0. The summed E-state index contributed by atoms with van der Waals surface area (Å²) < 4.78 is 44.4. The molecule has 0 unspecified atom stereocenters. The maximum Gasteiger partial charge on any atom is 0.416 e. The van der Waals surface area contributed by atoms with Crippen LogP contribution in [0.3, 0.4) is 0 Å². The number of anilines is 2. The van der Waals surface area contributed by atoms with Gasteiger partial charge < -0.3 is 19.9 Å². The zero-order valence-corrected chi connectivity index (χ0v) is 26.0. The molecule has 2 heterocycles. The third kappa shape index (κ3) is 7.53. The molecule has 1 amide bonds. The Kier molecular flexibility index (Phi) is 9.59. The Balaban J connectivity index is 1.17. The van der Waals surface area contributed by atoms with Crippen molar-refractivity contribution >= 4 is 34.3 Å². The topological polar surface area (TPSA) is 57.7 Å². The summed E-state index contributed by atoms with van der Waals surface area (Å²) >= 11 is 0. The number of carbonyl (C=O) groups is 1. The lowest BCUT2D eigenvalue weighted by atomic mass is 9.99. The Morgan fingerprint density at radius 2 is 1.70 bits per heavy atom. The first kappa shape index (κ1) is 31.6. The van der Waals surface area contributed by atoms with Crippen LogP contribution in [0.1, 0.15) is 55.2 Å². The summed E-state index contributed by atoms with van der Waals surface area (Å²) in [5, 5.41) is 4.44. The Morgan fingerprint density at radius 1 is 0.978 bits per heavy atom. The number of piperidine rings is 1. The second kappa shape index (κ2) is 14.0. The van der Waals surface area contributed by atoms with Gasteiger partial charge in [-0.3, -0.25) is 9.78 Å². The third-order valence-corrected chi connectivity index (χ3v) is 9.25. The lowest BCUT2D eigenvalue weighted by Gasteiger charge is -2.40. The molecule has 6 nitrogen and oxygen atoms in total. The molecular weight excluding hydrogens is 589 g/mol. The Hall–Kier alpha value is -4.37. The third-order valence-electron chi connectivity index (χ3n) is 9.25. The molecule has 1 saturated heterocycles. The van der Waals surface area contributed by atoms with Crippen molar-refractivity contribution in [1.82, 2.24) is 14.8 Å². The van der Waals surface area contributed by atoms with Gasteiger partial charge in [-0.05, 0) is 91.4 Å². The number of methoxy groups -OCH3 is 1. The van der Waals surface area contributed by atoms with Crippen LogP contribution >= 0.6 is 0 Å². The van der Waals surface area contributed by atoms with E-state index >= 15 is 0 Å². The molecule has 2 aliphatic rings. The van der Waals surface area contributed by atoms with Crippen LogP contribution in [0.5, 0.6) is 5.75 Å². The summed E-state index contributed by atoms with van der Waals surface area (Å²) in [7, 11) is 1.64. The van der Waals surface area contributed by atoms with Crippen LogP contribution in [0.2, 0.25) is 0 Å². The zero-order valence-electron chi connectivity index (χ0n) is 26.0. The van der Waals surface area contributed by atoms with Gasteiger partial charge >= 0.3 is 6.18 Å². The SMILES string of the molecule is COc1ccc2nccc(Nc3ccc(CN(C(=O)C=Cc4ccc(C(F)(F)F)cc4)C4CCN(C5CCCC5)CC4)cc3)c2c1. The summed E-state index contributed by atoms with van der Waals surface area (Å²) in [4.78, 5) is 22.7. The van der Waals surface area contributed by atoms with E-state index in [9.17, 15) is 18.0 Å². The maximum absolute atomic E-state index is 13.7. The van der Waals surface area contributed by atoms with E-state index in [2.05, 4.69) is 15.2 Å². The minimum absolute atomic E-state index is 0.0818. The van der Waals surface area contributed by atoms with Crippen molar-refractivity contribution in [3.05, 3.63) is 102 Å². The average Bonchev–Trinajstić information content (AvgIpc) is 3.62. The standard InChI is InChI=1S/C37H39F3N4O2/c1-46-32-15-16-34-33(24-32)35(18-21-41-34)42-29-13-8-27(9-14-29)25-44(31-19-22-43(23-20-31)30-4-2-3-5-30)36(45)17-10-26-6-11-28(12-7-26)37(38,39)40/h6-18,21,24,30-31H,2-5,19-20,22-23,25H2,1H3,(H,41,42). The molecule has 1 N–H and O–H groups in total. The van der Waals surface area contributed by atoms with Crippen LogP contribution in [0.25, 0.3) is 17.0 Å². The first-order chi connectivity index (χ1) is 22.3. The van der Waals surface area contributed by atoms with E-state index in [4.69, 9.17) is 4.74 Å². The molecule has 1 aliphatic carbocycles. The van der Waals surface area contributed by atoms with Crippen LogP contribution in [-0.4, -0.2) is 53.0 Å². The van der Waals surface area contributed by atoms with E-state index < -0.39 is 11.7 Å². The Bertz CT molecular complexity index is 1660. The predicted octanol–water partition coefficient (Wildman–Crippen LogP) is 8.45. The van der Waals surface area contributed by atoms with E-state index in [0.29, 0.717) is 18.2 Å². The molecule has 9 heteroatoms. The van der Waals surface area contributed by atoms with Gasteiger partial charge in [0.15, 0.2) is 0 Å². The van der Waals surface area contributed by atoms with E-state index in [1.54, 1.807) is 19.4 Å². The number of rotatable bonds is 9. The molecule has 0 radical (unpaired) electrons. The number of carbonyl (C=O) groups excluding carboxylic acids is 1. The molecule has 2 fully saturated rings. The number of hydrogen-bond donors (Lipinski definition) is 1. The summed E-state index contributed by atoms with van der Waals surface area (Å²) in [6.45, 7) is 2.38. The highest BCUT2D eigenvalue weighted by Crippen LogP contribution is 2.31. The zero-order chi connectivity index (χ0) is 32.1. The molecule has 6 rings (SSSR count). The van der Waals surface area contributed by atoms with E-state index in [1.807, 2.05) is 53.4 Å². The minimum atomic E-state index is -4.40. The van der Waals surface area contributed by atoms with Crippen LogP contribution in [0, 0.1) is 0 Å². The van der Waals surface area contributed by atoms with Gasteiger partial charge in [0, 0.05) is 60.8 Å². The monoisotopic (exact) mass is 628 g/mol. The quantitative estimate of drug-likeness (QED) is 0.189. The number of nitrogens with one attached hydrogen (secondary N) is 1. The van der Waals surface area contributed by atoms with Gasteiger partial charge in [0.05, 0.1) is 18.2 Å². The molecule has 0 atom stereocenters. The van der Waals surface area contributed by atoms with Gasteiger partial charge in [-0.15, -0.1) is 0 Å². The Labute approximate surface area is 267 Å². The fourth-order valence-corrected chi connectivity index (χ4v) is 6.67. The molecule has 1 aliphatic heterocycles. The van der Waals surface area contributed by atoms with Gasteiger partial charge in [-0.1, -0.05) is 37.1 Å². The second-order valence-electron chi connectivity index (χ2n) is 12.2. The molecule has 0 spiro atoms. The average molecular weight is 629 g/mol. The molecule has 1 aromatic heterocycles. The van der Waals surface area contributed by atoms with Gasteiger partial charge in [-0.25, -0.2) is 0 Å². The van der Waals surface area contributed by atoms with Gasteiger partial charge in [-0.2, -0.15) is 13.2 Å². The lowest BCUT2D eigenvalue weighted by Crippen LogP contribution is -2.48. The number of pyridine rings is 1. The highest BCUT2D eigenvalue weighted by atomic mass is 19.4. The van der Waals surface area contributed by atoms with E-state index in [1.165, 1.54) is 43.9 Å². The highest BCUT2D eigenvalue weighted by Gasteiger charge is 2.32. The Morgan fingerprint density at radius 3 is 2.37 bits per heavy atom. The lowest BCUT2D eigenvalue weighted by molar-refractivity contribution is -0.137. The maximum atomic E-state index is 13.7. The van der Waals surface area contributed by atoms with Gasteiger partial charge in [0.1, 0.15) is 5.75 Å². The summed E-state index contributed by atoms with van der Waals surface area (Å²) in [6.07, 6.45) is 7.36. The molecule has 0 bridgehead atoms. The first-order valence-corrected chi connectivity index (χ1v) is 16.0. The number of aromatic nitrogens is 1. The molecule has 1 saturated carbocycles. The van der Waals surface area contributed by atoms with Crippen molar-refractivity contribution in [2.75, 3.05) is 25.5 Å². The molecule has 240 valence electrons. The summed E-state index contributed by atoms with van der Waals surface area (Å²) in [5.74, 6) is 0.615. The van der Waals surface area contributed by atoms with Crippen molar-refractivity contribution in [2.24, 2.45) is 0 Å². The van der Waals surface area contributed by atoms with Gasteiger partial charge in [0.25, 0.3) is 0 Å². The fraction of sp³-hybridized carbons (Fsp3) is 0.351. The van der Waals surface area contributed by atoms with Crippen molar-refractivity contribution in [1.29, 1.82) is 0 Å². The fourth-order valence-electron chi connectivity index (χ4n) is 6.67. The number of fused-ring (bicyclic) bond motifs is 1. The molecular formula is C37H39F3N4O2. The van der Waals surface area contributed by atoms with Crippen LogP contribution in [-0.2, 0) is 17.5 Å². The van der Waals surface area contributed by atoms with Crippen molar-refractivity contribution in [2.45, 2.75) is 63.3 Å². The predicted molar refractivity (Wildman–Crippen MR) is 176 cm³/mol. The van der Waals surface area contributed by atoms with Crippen LogP contribution < -0.4 is 10.1 Å².